The number of hydrogen-bond acceptors (Lipinski definition) is 3. The van der Waals surface area contributed by atoms with Crippen molar-refractivity contribution in [2.24, 2.45) is 0 Å². The van der Waals surface area contributed by atoms with Crippen molar-refractivity contribution in [1.29, 1.82) is 0 Å². The fourth-order valence-electron chi connectivity index (χ4n) is 1.93. The smallest absolute Gasteiger partial charge is 0.307 e. The molecule has 0 spiro atoms. The van der Waals surface area contributed by atoms with E-state index in [2.05, 4.69) is 9.97 Å². The van der Waals surface area contributed by atoms with Crippen LogP contribution >= 0.6 is 0 Å². The van der Waals surface area contributed by atoms with Gasteiger partial charge in [0.25, 0.3) is 0 Å². The first-order chi connectivity index (χ1) is 8.97. The molecule has 98 valence electrons. The highest BCUT2D eigenvalue weighted by Crippen LogP contribution is 2.24. The summed E-state index contributed by atoms with van der Waals surface area (Å²) in [5, 5.41) is 8.95. The molecule has 2 aromatic rings. The van der Waals surface area contributed by atoms with Crippen molar-refractivity contribution in [2.45, 2.75) is 27.2 Å². The zero-order valence-corrected chi connectivity index (χ0v) is 11.3. The maximum absolute atomic E-state index is 10.9. The molecule has 0 saturated heterocycles. The maximum Gasteiger partial charge on any atom is 0.307 e. The third kappa shape index (κ3) is 2.96. The van der Waals surface area contributed by atoms with Gasteiger partial charge in [-0.25, -0.2) is 9.97 Å². The number of aliphatic carboxylic acids is 1. The van der Waals surface area contributed by atoms with Gasteiger partial charge in [-0.15, -0.1) is 0 Å². The molecule has 2 rings (SSSR count). The van der Waals surface area contributed by atoms with E-state index in [1.54, 1.807) is 13.1 Å². The molecule has 0 aliphatic heterocycles. The first kappa shape index (κ1) is 13.2. The molecule has 0 bridgehead atoms. The quantitative estimate of drug-likeness (QED) is 0.917. The van der Waals surface area contributed by atoms with Gasteiger partial charge in [0, 0.05) is 17.3 Å². The Labute approximate surface area is 112 Å². The average Bonchev–Trinajstić information content (AvgIpc) is 2.34. The summed E-state index contributed by atoms with van der Waals surface area (Å²) in [7, 11) is 0. The minimum Gasteiger partial charge on any atom is -0.481 e. The number of nitrogens with zero attached hydrogens (tertiary/aromatic N) is 2. The molecular weight excluding hydrogens is 240 g/mol. The number of aryl methyl sites for hydroxylation is 3. The number of carboxylic acids is 1. The molecule has 1 N–H and O–H groups in total. The van der Waals surface area contributed by atoms with Crippen LogP contribution in [0, 0.1) is 20.8 Å². The lowest BCUT2D eigenvalue weighted by Crippen LogP contribution is -2.05. The summed E-state index contributed by atoms with van der Waals surface area (Å²) in [6.07, 6.45) is 1.53. The fourth-order valence-corrected chi connectivity index (χ4v) is 1.93. The standard InChI is InChI=1S/C15H16N2O2/c1-9-4-5-12(6-10(9)2)15-13(7-14(18)19)8-16-11(3)17-15/h4-6,8H,7H2,1-3H3,(H,18,19). The number of rotatable bonds is 3. The largest absolute Gasteiger partial charge is 0.481 e. The van der Waals surface area contributed by atoms with E-state index in [1.165, 1.54) is 5.56 Å². The Morgan fingerprint density at radius 2 is 1.95 bits per heavy atom. The van der Waals surface area contributed by atoms with Gasteiger partial charge in [0.2, 0.25) is 0 Å². The van der Waals surface area contributed by atoms with Crippen LogP contribution in [0.3, 0.4) is 0 Å². The van der Waals surface area contributed by atoms with E-state index in [9.17, 15) is 4.79 Å². The van der Waals surface area contributed by atoms with Gasteiger partial charge >= 0.3 is 5.97 Å². The molecular formula is C15H16N2O2. The highest BCUT2D eigenvalue weighted by Gasteiger charge is 2.12. The third-order valence-electron chi connectivity index (χ3n) is 3.11. The Morgan fingerprint density at radius 1 is 1.21 bits per heavy atom. The van der Waals surface area contributed by atoms with Crippen molar-refractivity contribution < 1.29 is 9.90 Å². The summed E-state index contributed by atoms with van der Waals surface area (Å²) in [5.74, 6) is -0.236. The second-order valence-electron chi connectivity index (χ2n) is 4.66. The van der Waals surface area contributed by atoms with Crippen LogP contribution in [0.25, 0.3) is 11.3 Å². The third-order valence-corrected chi connectivity index (χ3v) is 3.11. The summed E-state index contributed by atoms with van der Waals surface area (Å²) in [6.45, 7) is 5.88. The Kier molecular flexibility index (Phi) is 3.60. The molecule has 19 heavy (non-hydrogen) atoms. The van der Waals surface area contributed by atoms with Crippen molar-refractivity contribution in [3.05, 3.63) is 46.9 Å². The van der Waals surface area contributed by atoms with Crippen molar-refractivity contribution in [3.8, 4) is 11.3 Å². The molecule has 0 amide bonds. The van der Waals surface area contributed by atoms with Gasteiger partial charge in [0.1, 0.15) is 5.82 Å². The van der Waals surface area contributed by atoms with Crippen LogP contribution in [-0.2, 0) is 11.2 Å². The van der Waals surface area contributed by atoms with E-state index >= 15 is 0 Å². The summed E-state index contributed by atoms with van der Waals surface area (Å²) < 4.78 is 0. The van der Waals surface area contributed by atoms with Crippen LogP contribution in [0.15, 0.2) is 24.4 Å². The molecule has 1 aromatic carbocycles. The molecule has 0 unspecified atom stereocenters. The van der Waals surface area contributed by atoms with E-state index < -0.39 is 5.97 Å². The monoisotopic (exact) mass is 256 g/mol. The topological polar surface area (TPSA) is 63.1 Å². The zero-order valence-electron chi connectivity index (χ0n) is 11.3. The Bertz CT molecular complexity index is 636. The van der Waals surface area contributed by atoms with Crippen molar-refractivity contribution in [2.75, 3.05) is 0 Å². The molecule has 0 aliphatic rings. The van der Waals surface area contributed by atoms with Crippen LogP contribution in [-0.4, -0.2) is 21.0 Å². The minimum absolute atomic E-state index is 0.0669. The lowest BCUT2D eigenvalue weighted by Gasteiger charge is -2.09. The number of hydrogen-bond donors (Lipinski definition) is 1. The first-order valence-electron chi connectivity index (χ1n) is 6.09. The number of aromatic nitrogens is 2. The Hall–Kier alpha value is -2.23. The second-order valence-corrected chi connectivity index (χ2v) is 4.66. The predicted octanol–water partition coefficient (Wildman–Crippen LogP) is 2.70. The minimum atomic E-state index is -0.877. The van der Waals surface area contributed by atoms with Crippen LogP contribution in [0.4, 0.5) is 0 Å². The molecule has 0 saturated carbocycles. The molecule has 0 aliphatic carbocycles. The summed E-state index contributed by atoms with van der Waals surface area (Å²) >= 11 is 0. The van der Waals surface area contributed by atoms with E-state index in [0.717, 1.165) is 11.1 Å². The Morgan fingerprint density at radius 3 is 2.58 bits per heavy atom. The maximum atomic E-state index is 10.9. The SMILES string of the molecule is Cc1ncc(CC(=O)O)c(-c2ccc(C)c(C)c2)n1. The number of carboxylic acid groups (broad SMARTS) is 1. The molecule has 1 heterocycles. The van der Waals surface area contributed by atoms with Gasteiger partial charge in [-0.05, 0) is 38.0 Å². The van der Waals surface area contributed by atoms with E-state index in [1.807, 2.05) is 32.0 Å². The van der Waals surface area contributed by atoms with Crippen LogP contribution in [0.2, 0.25) is 0 Å². The molecule has 1 aromatic heterocycles. The van der Waals surface area contributed by atoms with Crippen molar-refractivity contribution >= 4 is 5.97 Å². The van der Waals surface area contributed by atoms with E-state index in [0.29, 0.717) is 17.1 Å². The van der Waals surface area contributed by atoms with Crippen LogP contribution in [0.1, 0.15) is 22.5 Å². The molecule has 4 heteroatoms. The number of benzene rings is 1. The molecule has 0 atom stereocenters. The van der Waals surface area contributed by atoms with Gasteiger partial charge < -0.3 is 5.11 Å². The summed E-state index contributed by atoms with van der Waals surface area (Å²) in [5.41, 5.74) is 4.65. The predicted molar refractivity (Wildman–Crippen MR) is 73.0 cm³/mol. The number of carbonyl (C=O) groups is 1. The summed E-state index contributed by atoms with van der Waals surface area (Å²) in [4.78, 5) is 19.4. The lowest BCUT2D eigenvalue weighted by atomic mass is 10.0. The zero-order chi connectivity index (χ0) is 14.0. The molecule has 0 fully saturated rings. The van der Waals surface area contributed by atoms with Gasteiger partial charge in [0.15, 0.2) is 0 Å². The Balaban J connectivity index is 2.55. The highest BCUT2D eigenvalue weighted by molar-refractivity contribution is 5.75. The summed E-state index contributed by atoms with van der Waals surface area (Å²) in [6, 6.07) is 6.02. The van der Waals surface area contributed by atoms with Gasteiger partial charge in [0.05, 0.1) is 12.1 Å². The van der Waals surface area contributed by atoms with E-state index in [4.69, 9.17) is 5.11 Å². The molecule has 4 nitrogen and oxygen atoms in total. The van der Waals surface area contributed by atoms with Crippen LogP contribution < -0.4 is 0 Å². The second kappa shape index (κ2) is 5.18. The van der Waals surface area contributed by atoms with E-state index in [-0.39, 0.29) is 6.42 Å². The van der Waals surface area contributed by atoms with Crippen molar-refractivity contribution in [1.82, 2.24) is 9.97 Å². The lowest BCUT2D eigenvalue weighted by molar-refractivity contribution is -0.136. The average molecular weight is 256 g/mol. The fraction of sp³-hybridized carbons (Fsp3) is 0.267. The highest BCUT2D eigenvalue weighted by atomic mass is 16.4. The first-order valence-corrected chi connectivity index (χ1v) is 6.09. The van der Waals surface area contributed by atoms with Gasteiger partial charge in [-0.1, -0.05) is 12.1 Å². The van der Waals surface area contributed by atoms with Gasteiger partial charge in [-0.2, -0.15) is 0 Å². The van der Waals surface area contributed by atoms with Crippen molar-refractivity contribution in [3.63, 3.8) is 0 Å². The van der Waals surface area contributed by atoms with Crippen LogP contribution in [0.5, 0.6) is 0 Å². The normalized spacial score (nSPS) is 10.5. The van der Waals surface area contributed by atoms with Gasteiger partial charge in [-0.3, -0.25) is 4.79 Å². The molecule has 0 radical (unpaired) electrons.